The van der Waals surface area contributed by atoms with Gasteiger partial charge in [0.2, 0.25) is 0 Å². The first-order chi connectivity index (χ1) is 6.72. The van der Waals surface area contributed by atoms with Crippen molar-refractivity contribution >= 4 is 11.8 Å². The molecular weight excluding hydrogens is 190 g/mol. The van der Waals surface area contributed by atoms with Gasteiger partial charge < -0.3 is 5.32 Å². The Bertz CT molecular complexity index is 139. The molecule has 0 heterocycles. The Morgan fingerprint density at radius 1 is 1.21 bits per heavy atom. The van der Waals surface area contributed by atoms with Crippen LogP contribution >= 0.6 is 11.8 Å². The third kappa shape index (κ3) is 4.70. The Morgan fingerprint density at radius 2 is 1.86 bits per heavy atom. The van der Waals surface area contributed by atoms with Gasteiger partial charge in [0.25, 0.3) is 0 Å². The molecule has 1 nitrogen and oxygen atoms in total. The van der Waals surface area contributed by atoms with Crippen LogP contribution in [0.4, 0.5) is 0 Å². The maximum atomic E-state index is 3.65. The van der Waals surface area contributed by atoms with Gasteiger partial charge in [0, 0.05) is 12.1 Å². The lowest BCUT2D eigenvalue weighted by atomic mass is 9.84. The summed E-state index contributed by atoms with van der Waals surface area (Å²) in [5.74, 6) is 2.38. The maximum absolute atomic E-state index is 3.65. The van der Waals surface area contributed by atoms with Crippen molar-refractivity contribution in [2.75, 3.05) is 12.0 Å². The van der Waals surface area contributed by atoms with Gasteiger partial charge in [-0.1, -0.05) is 13.8 Å². The molecule has 14 heavy (non-hydrogen) atoms. The average molecular weight is 215 g/mol. The SMILES string of the molecule is CSCCC1CCC(NC(C)C)CC1. The van der Waals surface area contributed by atoms with E-state index >= 15 is 0 Å². The summed E-state index contributed by atoms with van der Waals surface area (Å²) >= 11 is 1.99. The average Bonchev–Trinajstić information content (AvgIpc) is 2.16. The molecule has 0 unspecified atom stereocenters. The van der Waals surface area contributed by atoms with Crippen LogP contribution in [0.25, 0.3) is 0 Å². The molecule has 0 atom stereocenters. The summed E-state index contributed by atoms with van der Waals surface area (Å²) in [6.45, 7) is 4.50. The fraction of sp³-hybridized carbons (Fsp3) is 1.00. The first-order valence-corrected chi connectivity index (χ1v) is 7.36. The summed E-state index contributed by atoms with van der Waals surface area (Å²) in [6, 6.07) is 1.46. The van der Waals surface area contributed by atoms with Crippen LogP contribution < -0.4 is 5.32 Å². The van der Waals surface area contributed by atoms with E-state index in [0.29, 0.717) is 6.04 Å². The molecule has 0 saturated heterocycles. The van der Waals surface area contributed by atoms with Crippen molar-refractivity contribution in [1.82, 2.24) is 5.32 Å². The highest BCUT2D eigenvalue weighted by Gasteiger charge is 2.20. The summed E-state index contributed by atoms with van der Waals surface area (Å²) in [5.41, 5.74) is 0. The first kappa shape index (κ1) is 12.4. The van der Waals surface area contributed by atoms with Gasteiger partial charge in [-0.25, -0.2) is 0 Å². The van der Waals surface area contributed by atoms with Gasteiger partial charge in [-0.05, 0) is 50.0 Å². The summed E-state index contributed by atoms with van der Waals surface area (Å²) < 4.78 is 0. The lowest BCUT2D eigenvalue weighted by Crippen LogP contribution is -2.37. The van der Waals surface area contributed by atoms with E-state index in [9.17, 15) is 0 Å². The zero-order valence-electron chi connectivity index (χ0n) is 9.88. The Hall–Kier alpha value is 0.310. The van der Waals surface area contributed by atoms with Gasteiger partial charge in [-0.2, -0.15) is 11.8 Å². The normalized spacial score (nSPS) is 28.3. The Morgan fingerprint density at radius 3 is 2.36 bits per heavy atom. The van der Waals surface area contributed by atoms with Crippen LogP contribution in [0.2, 0.25) is 0 Å². The minimum absolute atomic E-state index is 0.655. The van der Waals surface area contributed by atoms with Crippen molar-refractivity contribution < 1.29 is 0 Å². The van der Waals surface area contributed by atoms with Crippen molar-refractivity contribution in [2.24, 2.45) is 5.92 Å². The van der Waals surface area contributed by atoms with E-state index in [-0.39, 0.29) is 0 Å². The fourth-order valence-electron chi connectivity index (χ4n) is 2.37. The highest BCUT2D eigenvalue weighted by molar-refractivity contribution is 7.98. The number of nitrogens with one attached hydrogen (secondary N) is 1. The summed E-state index contributed by atoms with van der Waals surface area (Å²) in [4.78, 5) is 0. The summed E-state index contributed by atoms with van der Waals surface area (Å²) in [7, 11) is 0. The van der Waals surface area contributed by atoms with E-state index in [1.54, 1.807) is 0 Å². The molecule has 0 aromatic carbocycles. The van der Waals surface area contributed by atoms with Gasteiger partial charge in [0.1, 0.15) is 0 Å². The lowest BCUT2D eigenvalue weighted by molar-refractivity contribution is 0.277. The van der Waals surface area contributed by atoms with Crippen LogP contribution in [0.3, 0.4) is 0 Å². The molecule has 0 aromatic heterocycles. The molecule has 1 aliphatic carbocycles. The van der Waals surface area contributed by atoms with Crippen molar-refractivity contribution in [3.05, 3.63) is 0 Å². The van der Waals surface area contributed by atoms with Crippen molar-refractivity contribution in [2.45, 2.75) is 58.0 Å². The Labute approximate surface area is 93.4 Å². The van der Waals surface area contributed by atoms with E-state index in [0.717, 1.165) is 12.0 Å². The standard InChI is InChI=1S/C12H25NS/c1-10(2)13-12-6-4-11(5-7-12)8-9-14-3/h10-13H,4-9H2,1-3H3. The number of hydrogen-bond donors (Lipinski definition) is 1. The number of thioether (sulfide) groups is 1. The van der Waals surface area contributed by atoms with Crippen LogP contribution in [0.15, 0.2) is 0 Å². The van der Waals surface area contributed by atoms with E-state index < -0.39 is 0 Å². The minimum atomic E-state index is 0.655. The van der Waals surface area contributed by atoms with Crippen LogP contribution in [0.1, 0.15) is 46.0 Å². The van der Waals surface area contributed by atoms with Crippen LogP contribution in [0.5, 0.6) is 0 Å². The Balaban J connectivity index is 2.11. The third-order valence-electron chi connectivity index (χ3n) is 3.15. The molecule has 1 N–H and O–H groups in total. The second kappa shape index (κ2) is 6.73. The third-order valence-corrected chi connectivity index (χ3v) is 3.79. The molecule has 2 heteroatoms. The van der Waals surface area contributed by atoms with Crippen molar-refractivity contribution in [3.8, 4) is 0 Å². The molecule has 0 aromatic rings. The zero-order valence-corrected chi connectivity index (χ0v) is 10.7. The van der Waals surface area contributed by atoms with E-state index in [1.165, 1.54) is 37.9 Å². The number of hydrogen-bond acceptors (Lipinski definition) is 2. The second-order valence-electron chi connectivity index (χ2n) is 4.82. The molecule has 1 saturated carbocycles. The molecule has 0 amide bonds. The van der Waals surface area contributed by atoms with E-state index in [2.05, 4.69) is 25.4 Å². The summed E-state index contributed by atoms with van der Waals surface area (Å²) in [5, 5.41) is 3.65. The maximum Gasteiger partial charge on any atom is 0.00696 e. The van der Waals surface area contributed by atoms with Gasteiger partial charge in [0.05, 0.1) is 0 Å². The molecule has 0 radical (unpaired) electrons. The lowest BCUT2D eigenvalue weighted by Gasteiger charge is -2.30. The van der Waals surface area contributed by atoms with Crippen molar-refractivity contribution in [3.63, 3.8) is 0 Å². The van der Waals surface area contributed by atoms with Crippen LogP contribution in [0, 0.1) is 5.92 Å². The second-order valence-corrected chi connectivity index (χ2v) is 5.81. The predicted octanol–water partition coefficient (Wildman–Crippen LogP) is 3.30. The molecule has 0 spiro atoms. The Kier molecular flexibility index (Phi) is 5.95. The van der Waals surface area contributed by atoms with Crippen molar-refractivity contribution in [1.29, 1.82) is 0 Å². The highest BCUT2D eigenvalue weighted by atomic mass is 32.2. The highest BCUT2D eigenvalue weighted by Crippen LogP contribution is 2.27. The quantitative estimate of drug-likeness (QED) is 0.755. The molecule has 1 aliphatic rings. The largest absolute Gasteiger partial charge is 0.312 e. The number of rotatable bonds is 5. The summed E-state index contributed by atoms with van der Waals surface area (Å²) in [6.07, 6.45) is 9.35. The van der Waals surface area contributed by atoms with Crippen LogP contribution in [-0.4, -0.2) is 24.1 Å². The molecule has 84 valence electrons. The zero-order chi connectivity index (χ0) is 10.4. The minimum Gasteiger partial charge on any atom is -0.312 e. The molecule has 0 bridgehead atoms. The molecule has 0 aliphatic heterocycles. The smallest absolute Gasteiger partial charge is 0.00696 e. The van der Waals surface area contributed by atoms with Gasteiger partial charge >= 0.3 is 0 Å². The predicted molar refractivity (Wildman–Crippen MR) is 67.0 cm³/mol. The van der Waals surface area contributed by atoms with E-state index in [1.807, 2.05) is 11.8 Å². The van der Waals surface area contributed by atoms with Gasteiger partial charge in [-0.3, -0.25) is 0 Å². The molecular formula is C12H25NS. The molecule has 1 fully saturated rings. The van der Waals surface area contributed by atoms with E-state index in [4.69, 9.17) is 0 Å². The monoisotopic (exact) mass is 215 g/mol. The topological polar surface area (TPSA) is 12.0 Å². The van der Waals surface area contributed by atoms with Crippen LogP contribution in [-0.2, 0) is 0 Å². The van der Waals surface area contributed by atoms with Gasteiger partial charge in [0.15, 0.2) is 0 Å². The first-order valence-electron chi connectivity index (χ1n) is 5.97. The fourth-order valence-corrected chi connectivity index (χ4v) is 2.94. The molecule has 1 rings (SSSR count). The van der Waals surface area contributed by atoms with Gasteiger partial charge in [-0.15, -0.1) is 0 Å².